The molecule has 0 amide bonds. The normalized spacial score (nSPS) is 16.4. The lowest BCUT2D eigenvalue weighted by Crippen LogP contribution is -2.04. The van der Waals surface area contributed by atoms with Crippen molar-refractivity contribution >= 4 is 17.4 Å². The number of nitrogens with one attached hydrogen (secondary N) is 1. The van der Waals surface area contributed by atoms with Gasteiger partial charge in [0.05, 0.1) is 0 Å². The van der Waals surface area contributed by atoms with Crippen LogP contribution in [0.4, 0.5) is 5.69 Å². The van der Waals surface area contributed by atoms with E-state index in [1.165, 1.54) is 42.7 Å². The number of hydrogen-bond acceptors (Lipinski definition) is 2. The van der Waals surface area contributed by atoms with Gasteiger partial charge in [0.1, 0.15) is 0 Å². The van der Waals surface area contributed by atoms with E-state index in [1.54, 1.807) is 0 Å². The molecular weight excluding hydrogens is 238 g/mol. The van der Waals surface area contributed by atoms with Crippen molar-refractivity contribution in [3.8, 4) is 0 Å². The Kier molecular flexibility index (Phi) is 5.43. The van der Waals surface area contributed by atoms with Crippen molar-refractivity contribution in [2.75, 3.05) is 11.9 Å². The predicted octanol–water partition coefficient (Wildman–Crippen LogP) is 5.18. The summed E-state index contributed by atoms with van der Waals surface area (Å²) in [5.41, 5.74) is 1.26. The van der Waals surface area contributed by atoms with Crippen molar-refractivity contribution in [2.24, 2.45) is 5.92 Å². The molecule has 1 aliphatic rings. The third kappa shape index (κ3) is 4.56. The summed E-state index contributed by atoms with van der Waals surface area (Å²) in [7, 11) is 0. The van der Waals surface area contributed by atoms with Crippen molar-refractivity contribution in [1.29, 1.82) is 0 Å². The number of anilines is 1. The zero-order chi connectivity index (χ0) is 12.8. The van der Waals surface area contributed by atoms with Crippen molar-refractivity contribution in [2.45, 2.75) is 56.1 Å². The summed E-state index contributed by atoms with van der Waals surface area (Å²) in [6.07, 6.45) is 6.88. The molecule has 2 heteroatoms. The summed E-state index contributed by atoms with van der Waals surface area (Å²) in [4.78, 5) is 1.43. The molecule has 1 aliphatic carbocycles. The second kappa shape index (κ2) is 7.08. The highest BCUT2D eigenvalue weighted by molar-refractivity contribution is 8.00. The van der Waals surface area contributed by atoms with Gasteiger partial charge in [-0.3, -0.25) is 0 Å². The van der Waals surface area contributed by atoms with Crippen LogP contribution in [-0.4, -0.2) is 11.8 Å². The average Bonchev–Trinajstić information content (AvgIpc) is 2.84. The first-order chi connectivity index (χ1) is 8.74. The van der Waals surface area contributed by atoms with Gasteiger partial charge in [0.15, 0.2) is 0 Å². The molecule has 0 aliphatic heterocycles. The smallest absolute Gasteiger partial charge is 0.0340 e. The van der Waals surface area contributed by atoms with E-state index in [9.17, 15) is 0 Å². The van der Waals surface area contributed by atoms with Gasteiger partial charge < -0.3 is 5.32 Å². The molecule has 0 bridgehead atoms. The number of thioether (sulfide) groups is 1. The summed E-state index contributed by atoms with van der Waals surface area (Å²) in [5.74, 6) is 0.773. The minimum atomic E-state index is 0.773. The fourth-order valence-corrected chi connectivity index (χ4v) is 3.60. The van der Waals surface area contributed by atoms with E-state index >= 15 is 0 Å². The Morgan fingerprint density at radius 1 is 1.17 bits per heavy atom. The van der Waals surface area contributed by atoms with Gasteiger partial charge in [0, 0.05) is 22.4 Å². The van der Waals surface area contributed by atoms with Crippen LogP contribution in [0.25, 0.3) is 0 Å². The zero-order valence-electron chi connectivity index (χ0n) is 11.6. The van der Waals surface area contributed by atoms with Gasteiger partial charge in [-0.1, -0.05) is 26.7 Å². The Morgan fingerprint density at radius 2 is 1.83 bits per heavy atom. The maximum atomic E-state index is 3.49. The fourth-order valence-electron chi connectivity index (χ4n) is 2.36. The maximum Gasteiger partial charge on any atom is 0.0340 e. The van der Waals surface area contributed by atoms with E-state index in [2.05, 4.69) is 55.2 Å². The van der Waals surface area contributed by atoms with E-state index in [1.807, 2.05) is 0 Å². The molecule has 0 aromatic heterocycles. The van der Waals surface area contributed by atoms with Crippen molar-refractivity contribution in [3.05, 3.63) is 24.3 Å². The van der Waals surface area contributed by atoms with Gasteiger partial charge in [0.2, 0.25) is 0 Å². The highest BCUT2D eigenvalue weighted by Crippen LogP contribution is 2.34. The van der Waals surface area contributed by atoms with Crippen LogP contribution >= 0.6 is 11.8 Å². The van der Waals surface area contributed by atoms with Gasteiger partial charge >= 0.3 is 0 Å². The van der Waals surface area contributed by atoms with Crippen molar-refractivity contribution in [3.63, 3.8) is 0 Å². The molecule has 1 saturated carbocycles. The van der Waals surface area contributed by atoms with E-state index in [0.29, 0.717) is 0 Å². The second-order valence-corrected chi connectivity index (χ2v) is 7.03. The SMILES string of the molecule is CC(C)CCNc1ccc(SC2CCCC2)cc1. The third-order valence-corrected chi connectivity index (χ3v) is 4.86. The van der Waals surface area contributed by atoms with Crippen LogP contribution in [0, 0.1) is 5.92 Å². The van der Waals surface area contributed by atoms with Gasteiger partial charge in [-0.15, -0.1) is 11.8 Å². The van der Waals surface area contributed by atoms with Crippen LogP contribution in [-0.2, 0) is 0 Å². The maximum absolute atomic E-state index is 3.49. The Balaban J connectivity index is 1.77. The lowest BCUT2D eigenvalue weighted by molar-refractivity contribution is 0.607. The van der Waals surface area contributed by atoms with Crippen molar-refractivity contribution in [1.82, 2.24) is 0 Å². The molecular formula is C16H25NS. The summed E-state index contributed by atoms with van der Waals surface area (Å²) < 4.78 is 0. The predicted molar refractivity (Wildman–Crippen MR) is 82.5 cm³/mol. The molecule has 1 aromatic carbocycles. The van der Waals surface area contributed by atoms with Crippen molar-refractivity contribution < 1.29 is 0 Å². The minimum absolute atomic E-state index is 0.773. The summed E-state index contributed by atoms with van der Waals surface area (Å²) in [5, 5.41) is 4.35. The minimum Gasteiger partial charge on any atom is -0.385 e. The fraction of sp³-hybridized carbons (Fsp3) is 0.625. The Morgan fingerprint density at radius 3 is 2.44 bits per heavy atom. The summed E-state index contributed by atoms with van der Waals surface area (Å²) >= 11 is 2.06. The second-order valence-electron chi connectivity index (χ2n) is 5.66. The molecule has 100 valence electrons. The molecule has 1 nitrogen and oxygen atoms in total. The number of benzene rings is 1. The highest BCUT2D eigenvalue weighted by atomic mass is 32.2. The molecule has 0 radical (unpaired) electrons. The number of rotatable bonds is 6. The molecule has 1 fully saturated rings. The van der Waals surface area contributed by atoms with E-state index in [4.69, 9.17) is 0 Å². The first-order valence-electron chi connectivity index (χ1n) is 7.24. The largest absolute Gasteiger partial charge is 0.385 e. The first-order valence-corrected chi connectivity index (χ1v) is 8.12. The monoisotopic (exact) mass is 263 g/mol. The quantitative estimate of drug-likeness (QED) is 0.759. The standard InChI is InChI=1S/C16H25NS/c1-13(2)11-12-17-14-7-9-16(10-8-14)18-15-5-3-4-6-15/h7-10,13,15,17H,3-6,11-12H2,1-2H3. The van der Waals surface area contributed by atoms with E-state index in [0.717, 1.165) is 17.7 Å². The Hall–Kier alpha value is -0.630. The highest BCUT2D eigenvalue weighted by Gasteiger charge is 2.15. The lowest BCUT2D eigenvalue weighted by atomic mass is 10.1. The molecule has 18 heavy (non-hydrogen) atoms. The van der Waals surface area contributed by atoms with Crippen LogP contribution in [0.3, 0.4) is 0 Å². The Bertz CT molecular complexity index is 339. The Labute approximate surface area is 116 Å². The van der Waals surface area contributed by atoms with Gasteiger partial charge in [-0.25, -0.2) is 0 Å². The zero-order valence-corrected chi connectivity index (χ0v) is 12.4. The van der Waals surface area contributed by atoms with Crippen LogP contribution in [0.5, 0.6) is 0 Å². The van der Waals surface area contributed by atoms with E-state index < -0.39 is 0 Å². The topological polar surface area (TPSA) is 12.0 Å². The average molecular weight is 263 g/mol. The summed E-state index contributed by atoms with van der Waals surface area (Å²) in [6.45, 7) is 5.61. The van der Waals surface area contributed by atoms with Crippen LogP contribution < -0.4 is 5.32 Å². The number of hydrogen-bond donors (Lipinski definition) is 1. The third-order valence-electron chi connectivity index (χ3n) is 3.51. The molecule has 0 heterocycles. The molecule has 0 unspecified atom stereocenters. The molecule has 0 spiro atoms. The molecule has 0 atom stereocenters. The molecule has 1 N–H and O–H groups in total. The molecule has 0 saturated heterocycles. The van der Waals surface area contributed by atoms with Crippen LogP contribution in [0.2, 0.25) is 0 Å². The van der Waals surface area contributed by atoms with Gasteiger partial charge in [0.25, 0.3) is 0 Å². The molecule has 1 aromatic rings. The van der Waals surface area contributed by atoms with Gasteiger partial charge in [-0.05, 0) is 49.4 Å². The van der Waals surface area contributed by atoms with Crippen LogP contribution in [0.1, 0.15) is 46.0 Å². The van der Waals surface area contributed by atoms with E-state index in [-0.39, 0.29) is 0 Å². The molecule has 2 rings (SSSR count). The lowest BCUT2D eigenvalue weighted by Gasteiger charge is -2.11. The summed E-state index contributed by atoms with van der Waals surface area (Å²) in [6, 6.07) is 8.97. The first kappa shape index (κ1) is 13.8. The van der Waals surface area contributed by atoms with Crippen LogP contribution in [0.15, 0.2) is 29.2 Å². The van der Waals surface area contributed by atoms with Gasteiger partial charge in [-0.2, -0.15) is 0 Å².